The molecule has 3 aromatic rings. The first-order valence-corrected chi connectivity index (χ1v) is 9.48. The molecule has 0 aliphatic carbocycles. The summed E-state index contributed by atoms with van der Waals surface area (Å²) in [5, 5.41) is 10.4. The van der Waals surface area contributed by atoms with Gasteiger partial charge in [0.2, 0.25) is 0 Å². The van der Waals surface area contributed by atoms with Crippen LogP contribution < -0.4 is 0 Å². The number of carbonyl (C=O) groups is 3. The Balaban J connectivity index is 2.10. The van der Waals surface area contributed by atoms with Gasteiger partial charge in [-0.05, 0) is 56.0 Å². The van der Waals surface area contributed by atoms with Gasteiger partial charge >= 0.3 is 18.0 Å². The topological polar surface area (TPSA) is 85.6 Å². The number of ether oxygens (including phenoxy) is 1. The van der Waals surface area contributed by atoms with E-state index in [0.29, 0.717) is 27.8 Å². The number of carboxylic acid groups (broad SMARTS) is 1. The number of nitrogens with zero attached hydrogens (tertiary/aromatic N) is 1. The number of hydrogen-bond donors (Lipinski definition) is 1. The normalized spacial score (nSPS) is 12.2. The standard InChI is InChI=1S/C20H16F3NO5S/c1-19(2,3)29-18(28)24-8-13(12-5-4-11(21)7-14(12)24)10-6-15(30-9-10)16(25)20(22,23)17(26)27/h4-9H,1-3H3,(H,26,27). The zero-order chi connectivity index (χ0) is 22.4. The molecule has 1 aromatic carbocycles. The molecule has 2 aromatic heterocycles. The summed E-state index contributed by atoms with van der Waals surface area (Å²) in [4.78, 5) is 34.6. The van der Waals surface area contributed by atoms with Gasteiger partial charge < -0.3 is 9.84 Å². The SMILES string of the molecule is CC(C)(C)OC(=O)n1cc(-c2csc(C(=O)C(F)(F)C(=O)O)c2)c2ccc(F)cc21. The summed E-state index contributed by atoms with van der Waals surface area (Å²) in [6.45, 7) is 4.99. The van der Waals surface area contributed by atoms with Gasteiger partial charge in [0.05, 0.1) is 10.4 Å². The number of ketones is 1. The van der Waals surface area contributed by atoms with Gasteiger partial charge in [-0.3, -0.25) is 9.36 Å². The van der Waals surface area contributed by atoms with E-state index < -0.39 is 40.1 Å². The molecule has 0 atom stereocenters. The molecule has 0 spiro atoms. The van der Waals surface area contributed by atoms with Gasteiger partial charge in [-0.1, -0.05) is 0 Å². The fourth-order valence-electron chi connectivity index (χ4n) is 2.74. The number of aromatic nitrogens is 1. The lowest BCUT2D eigenvalue weighted by molar-refractivity contribution is -0.157. The van der Waals surface area contributed by atoms with Gasteiger partial charge in [0, 0.05) is 17.1 Å². The van der Waals surface area contributed by atoms with Crippen LogP contribution >= 0.6 is 11.3 Å². The van der Waals surface area contributed by atoms with Crippen molar-refractivity contribution in [2.24, 2.45) is 0 Å². The molecule has 0 aliphatic heterocycles. The Morgan fingerprint density at radius 3 is 2.40 bits per heavy atom. The first-order valence-electron chi connectivity index (χ1n) is 8.60. The largest absolute Gasteiger partial charge is 0.476 e. The van der Waals surface area contributed by atoms with E-state index in [9.17, 15) is 27.6 Å². The van der Waals surface area contributed by atoms with Crippen LogP contribution in [0.25, 0.3) is 22.0 Å². The van der Waals surface area contributed by atoms with E-state index in [-0.39, 0.29) is 5.52 Å². The smallest absolute Gasteiger partial charge is 0.419 e. The highest BCUT2D eigenvalue weighted by atomic mass is 32.1. The van der Waals surface area contributed by atoms with E-state index in [2.05, 4.69) is 0 Å². The molecule has 158 valence electrons. The Morgan fingerprint density at radius 1 is 1.13 bits per heavy atom. The average Bonchev–Trinajstić information content (AvgIpc) is 3.23. The predicted molar refractivity (Wildman–Crippen MR) is 104 cm³/mol. The third kappa shape index (κ3) is 3.95. The number of hydrogen-bond acceptors (Lipinski definition) is 5. The van der Waals surface area contributed by atoms with Crippen LogP contribution in [-0.2, 0) is 9.53 Å². The van der Waals surface area contributed by atoms with Crippen molar-refractivity contribution in [3.05, 3.63) is 46.5 Å². The highest BCUT2D eigenvalue weighted by Crippen LogP contribution is 2.36. The van der Waals surface area contributed by atoms with Gasteiger partial charge in [0.25, 0.3) is 5.78 Å². The molecule has 30 heavy (non-hydrogen) atoms. The number of carbonyl (C=O) groups excluding carboxylic acids is 2. The lowest BCUT2D eigenvalue weighted by Gasteiger charge is -2.19. The molecule has 0 fully saturated rings. The fourth-order valence-corrected chi connectivity index (χ4v) is 3.62. The Kier molecular flexibility index (Phi) is 5.23. The number of aliphatic carboxylic acids is 1. The Hall–Kier alpha value is -3.14. The molecule has 0 saturated heterocycles. The molecule has 0 radical (unpaired) electrons. The van der Waals surface area contributed by atoms with Gasteiger partial charge in [-0.15, -0.1) is 11.3 Å². The average molecular weight is 439 g/mol. The summed E-state index contributed by atoms with van der Waals surface area (Å²) in [6.07, 6.45) is 0.581. The van der Waals surface area contributed by atoms with Crippen LogP contribution in [0.3, 0.4) is 0 Å². The highest BCUT2D eigenvalue weighted by Gasteiger charge is 2.48. The molecule has 0 amide bonds. The summed E-state index contributed by atoms with van der Waals surface area (Å²) in [5.74, 6) is -9.54. The maximum Gasteiger partial charge on any atom is 0.419 e. The summed E-state index contributed by atoms with van der Waals surface area (Å²) >= 11 is 0.644. The van der Waals surface area contributed by atoms with E-state index in [0.717, 1.165) is 16.7 Å². The summed E-state index contributed by atoms with van der Waals surface area (Å²) < 4.78 is 47.3. The minimum atomic E-state index is -4.56. The predicted octanol–water partition coefficient (Wildman–Crippen LogP) is 5.19. The third-order valence-electron chi connectivity index (χ3n) is 4.05. The Bertz CT molecular complexity index is 1170. The molecule has 0 saturated carbocycles. The highest BCUT2D eigenvalue weighted by molar-refractivity contribution is 7.12. The van der Waals surface area contributed by atoms with Crippen molar-refractivity contribution in [3.8, 4) is 11.1 Å². The molecular weight excluding hydrogens is 423 g/mol. The van der Waals surface area contributed by atoms with Crippen molar-refractivity contribution in [2.75, 3.05) is 0 Å². The second-order valence-corrected chi connectivity index (χ2v) is 8.37. The first-order chi connectivity index (χ1) is 13.8. The van der Waals surface area contributed by atoms with E-state index in [1.165, 1.54) is 23.7 Å². The Labute approximate surface area is 172 Å². The number of Topliss-reactive ketones (excluding diaryl/α,β-unsaturated/α-hetero) is 1. The molecule has 2 heterocycles. The number of rotatable bonds is 4. The van der Waals surface area contributed by atoms with Crippen LogP contribution in [0.15, 0.2) is 35.8 Å². The van der Waals surface area contributed by atoms with Crippen LogP contribution in [0.5, 0.6) is 0 Å². The summed E-state index contributed by atoms with van der Waals surface area (Å²) in [6, 6.07) is 4.81. The van der Waals surface area contributed by atoms with Crippen LogP contribution in [0.4, 0.5) is 18.0 Å². The zero-order valence-corrected chi connectivity index (χ0v) is 16.9. The molecule has 1 N–H and O–H groups in total. The summed E-state index contributed by atoms with van der Waals surface area (Å²) in [7, 11) is 0. The van der Waals surface area contributed by atoms with Crippen LogP contribution in [0.1, 0.15) is 30.4 Å². The minimum absolute atomic E-state index is 0.189. The number of carboxylic acids is 1. The molecule has 0 unspecified atom stereocenters. The second kappa shape index (κ2) is 7.28. The molecule has 0 aliphatic rings. The van der Waals surface area contributed by atoms with Crippen LogP contribution in [0, 0.1) is 5.82 Å². The van der Waals surface area contributed by atoms with Crippen molar-refractivity contribution in [1.82, 2.24) is 4.57 Å². The molecule has 3 rings (SSSR count). The minimum Gasteiger partial charge on any atom is -0.476 e. The number of fused-ring (bicyclic) bond motifs is 1. The monoisotopic (exact) mass is 439 g/mol. The number of halogens is 3. The van der Waals surface area contributed by atoms with Crippen LogP contribution in [-0.4, -0.2) is 39.0 Å². The quantitative estimate of drug-likeness (QED) is 0.446. The van der Waals surface area contributed by atoms with Crippen molar-refractivity contribution >= 4 is 40.1 Å². The van der Waals surface area contributed by atoms with Gasteiger partial charge in [0.1, 0.15) is 11.4 Å². The molecular formula is C20H16F3NO5S. The van der Waals surface area contributed by atoms with E-state index in [4.69, 9.17) is 9.84 Å². The van der Waals surface area contributed by atoms with Crippen molar-refractivity contribution in [2.45, 2.75) is 32.3 Å². The molecule has 6 nitrogen and oxygen atoms in total. The van der Waals surface area contributed by atoms with Crippen molar-refractivity contribution < 1.29 is 37.4 Å². The maximum atomic E-state index is 13.8. The lowest BCUT2D eigenvalue weighted by atomic mass is 10.1. The third-order valence-corrected chi connectivity index (χ3v) is 4.97. The van der Waals surface area contributed by atoms with E-state index in [1.807, 2.05) is 0 Å². The number of thiophene rings is 1. The van der Waals surface area contributed by atoms with Crippen molar-refractivity contribution in [3.63, 3.8) is 0 Å². The van der Waals surface area contributed by atoms with E-state index >= 15 is 0 Å². The number of benzene rings is 1. The second-order valence-electron chi connectivity index (χ2n) is 7.46. The fraction of sp³-hybridized carbons (Fsp3) is 0.250. The zero-order valence-electron chi connectivity index (χ0n) is 16.0. The lowest BCUT2D eigenvalue weighted by Crippen LogP contribution is -2.37. The van der Waals surface area contributed by atoms with E-state index in [1.54, 1.807) is 20.8 Å². The maximum absolute atomic E-state index is 13.8. The van der Waals surface area contributed by atoms with Crippen molar-refractivity contribution in [1.29, 1.82) is 0 Å². The summed E-state index contributed by atoms with van der Waals surface area (Å²) in [5.41, 5.74) is 0.0356. The Morgan fingerprint density at radius 2 is 1.80 bits per heavy atom. The van der Waals surface area contributed by atoms with Gasteiger partial charge in [-0.2, -0.15) is 8.78 Å². The van der Waals surface area contributed by atoms with Crippen LogP contribution in [0.2, 0.25) is 0 Å². The van der Waals surface area contributed by atoms with Gasteiger partial charge in [0.15, 0.2) is 0 Å². The van der Waals surface area contributed by atoms with Gasteiger partial charge in [-0.25, -0.2) is 14.0 Å². The number of alkyl halides is 2. The molecule has 10 heteroatoms. The first kappa shape index (κ1) is 21.6. The molecule has 0 bridgehead atoms.